The molecule has 2 aromatic rings. The molecule has 2 aromatic carbocycles. The van der Waals surface area contributed by atoms with Crippen molar-refractivity contribution in [3.05, 3.63) is 59.7 Å². The van der Waals surface area contributed by atoms with Crippen LogP contribution in [0.3, 0.4) is 0 Å². The smallest absolute Gasteiger partial charge is 0.407 e. The van der Waals surface area contributed by atoms with Gasteiger partial charge in [0.25, 0.3) is 0 Å². The molecule has 34 heavy (non-hydrogen) atoms. The van der Waals surface area contributed by atoms with Gasteiger partial charge in [-0.25, -0.2) is 4.79 Å². The number of fused-ring (bicyclic) bond motifs is 3. The van der Waals surface area contributed by atoms with Crippen LogP contribution in [0.5, 0.6) is 0 Å². The number of rotatable bonds is 9. The molecule has 0 bridgehead atoms. The lowest BCUT2D eigenvalue weighted by molar-refractivity contribution is -0.141. The predicted molar refractivity (Wildman–Crippen MR) is 125 cm³/mol. The van der Waals surface area contributed by atoms with E-state index in [2.05, 4.69) is 34.9 Å². The van der Waals surface area contributed by atoms with E-state index in [-0.39, 0.29) is 37.7 Å². The monoisotopic (exact) mass is 466 g/mol. The first-order valence-electron chi connectivity index (χ1n) is 11.7. The molecule has 3 N–H and O–H groups in total. The van der Waals surface area contributed by atoms with E-state index in [9.17, 15) is 14.4 Å². The molecule has 1 aliphatic heterocycles. The molecule has 3 atom stereocenters. The van der Waals surface area contributed by atoms with E-state index in [0.29, 0.717) is 19.3 Å². The Bertz CT molecular complexity index is 1010. The fraction of sp³-hybridized carbons (Fsp3) is 0.423. The summed E-state index contributed by atoms with van der Waals surface area (Å²) in [6, 6.07) is 15.5. The number of alkyl carbamates (subject to hydrolysis) is 1. The van der Waals surface area contributed by atoms with E-state index >= 15 is 0 Å². The predicted octanol–water partition coefficient (Wildman–Crippen LogP) is 3.30. The van der Waals surface area contributed by atoms with Crippen LogP contribution in [0.1, 0.15) is 43.2 Å². The highest BCUT2D eigenvalue weighted by Crippen LogP contribution is 2.44. The highest BCUT2D eigenvalue weighted by molar-refractivity contribution is 5.85. The molecule has 0 saturated carbocycles. The quantitative estimate of drug-likeness (QED) is 0.523. The summed E-state index contributed by atoms with van der Waals surface area (Å²) in [4.78, 5) is 36.3. The van der Waals surface area contributed by atoms with Crippen LogP contribution in [0.15, 0.2) is 48.5 Å². The summed E-state index contributed by atoms with van der Waals surface area (Å²) in [6.45, 7) is 2.45. The van der Waals surface area contributed by atoms with Crippen molar-refractivity contribution >= 4 is 18.0 Å². The van der Waals surface area contributed by atoms with Crippen LogP contribution in [0.4, 0.5) is 4.79 Å². The maximum atomic E-state index is 12.7. The minimum atomic E-state index is -0.894. The summed E-state index contributed by atoms with van der Waals surface area (Å²) in [5.74, 6) is -1.84. The number of benzene rings is 2. The van der Waals surface area contributed by atoms with Gasteiger partial charge in [0.05, 0.1) is 18.6 Å². The Hall–Kier alpha value is -3.39. The molecule has 1 aliphatic carbocycles. The van der Waals surface area contributed by atoms with Gasteiger partial charge in [-0.15, -0.1) is 0 Å². The first kappa shape index (κ1) is 23.8. The zero-order valence-corrected chi connectivity index (χ0v) is 19.2. The van der Waals surface area contributed by atoms with E-state index in [1.54, 1.807) is 0 Å². The zero-order chi connectivity index (χ0) is 24.1. The van der Waals surface area contributed by atoms with E-state index in [4.69, 9.17) is 14.6 Å². The minimum Gasteiger partial charge on any atom is -0.481 e. The number of carboxylic acids is 1. The first-order valence-corrected chi connectivity index (χ1v) is 11.7. The van der Waals surface area contributed by atoms with E-state index in [0.717, 1.165) is 22.3 Å². The molecular weight excluding hydrogens is 436 g/mol. The van der Waals surface area contributed by atoms with E-state index < -0.39 is 24.0 Å². The van der Waals surface area contributed by atoms with Gasteiger partial charge in [-0.3, -0.25) is 9.59 Å². The van der Waals surface area contributed by atoms with Crippen molar-refractivity contribution in [3.63, 3.8) is 0 Å². The molecule has 2 amide bonds. The van der Waals surface area contributed by atoms with Gasteiger partial charge >= 0.3 is 12.1 Å². The van der Waals surface area contributed by atoms with Crippen LogP contribution in [-0.2, 0) is 19.1 Å². The van der Waals surface area contributed by atoms with E-state index in [1.807, 2.05) is 31.2 Å². The van der Waals surface area contributed by atoms with E-state index in [1.165, 1.54) is 0 Å². The van der Waals surface area contributed by atoms with Crippen LogP contribution in [0, 0.1) is 5.92 Å². The van der Waals surface area contributed by atoms with Crippen molar-refractivity contribution in [2.75, 3.05) is 19.8 Å². The highest BCUT2D eigenvalue weighted by atomic mass is 16.5. The van der Waals surface area contributed by atoms with Gasteiger partial charge in [0.1, 0.15) is 12.6 Å². The molecule has 2 unspecified atom stereocenters. The van der Waals surface area contributed by atoms with Crippen LogP contribution in [0.2, 0.25) is 0 Å². The number of amides is 2. The number of ether oxygens (including phenoxy) is 2. The van der Waals surface area contributed by atoms with Crippen LogP contribution >= 0.6 is 0 Å². The Balaban J connectivity index is 1.31. The fourth-order valence-corrected chi connectivity index (χ4v) is 4.70. The largest absolute Gasteiger partial charge is 0.481 e. The number of aliphatic carboxylic acids is 1. The summed E-state index contributed by atoms with van der Waals surface area (Å²) >= 11 is 0. The average molecular weight is 467 g/mol. The average Bonchev–Trinajstić information content (AvgIpc) is 3.44. The number of carbonyl (C=O) groups excluding carboxylic acids is 2. The van der Waals surface area contributed by atoms with Crippen molar-refractivity contribution in [1.29, 1.82) is 0 Å². The molecule has 1 saturated heterocycles. The second-order valence-corrected chi connectivity index (χ2v) is 8.78. The summed E-state index contributed by atoms with van der Waals surface area (Å²) in [6.07, 6.45) is 0.524. The zero-order valence-electron chi connectivity index (χ0n) is 19.2. The third-order valence-corrected chi connectivity index (χ3v) is 6.46. The SMILES string of the molecule is CCC[C@H](NC(=O)OCC1c2ccccc2-c2ccccc21)C(=O)NCC1CC(C(=O)O)CO1. The second kappa shape index (κ2) is 10.7. The lowest BCUT2D eigenvalue weighted by Gasteiger charge is -2.20. The van der Waals surface area contributed by atoms with Gasteiger partial charge in [-0.2, -0.15) is 0 Å². The first-order chi connectivity index (χ1) is 16.5. The summed E-state index contributed by atoms with van der Waals surface area (Å²) < 4.78 is 11.0. The molecule has 0 spiro atoms. The molecule has 2 aliphatic rings. The maximum absolute atomic E-state index is 12.7. The Labute approximate surface area is 198 Å². The summed E-state index contributed by atoms with van der Waals surface area (Å²) in [5, 5.41) is 14.5. The maximum Gasteiger partial charge on any atom is 0.407 e. The van der Waals surface area contributed by atoms with Gasteiger partial charge in [0.2, 0.25) is 5.91 Å². The van der Waals surface area contributed by atoms with Gasteiger partial charge in [-0.1, -0.05) is 61.9 Å². The molecule has 4 rings (SSSR count). The Kier molecular flexibility index (Phi) is 7.47. The standard InChI is InChI=1S/C26H30N2O6/c1-2-7-23(24(29)27-13-17-12-16(14-33-17)25(30)31)28-26(32)34-15-22-20-10-5-3-8-18(20)19-9-4-6-11-21(19)22/h3-6,8-11,16-17,22-23H,2,7,12-15H2,1H3,(H,27,29)(H,28,32)(H,30,31)/t16?,17?,23-/m0/s1. The summed E-state index contributed by atoms with van der Waals surface area (Å²) in [7, 11) is 0. The molecular formula is C26H30N2O6. The van der Waals surface area contributed by atoms with Crippen LogP contribution < -0.4 is 10.6 Å². The number of hydrogen-bond donors (Lipinski definition) is 3. The Morgan fingerprint density at radius 3 is 2.32 bits per heavy atom. The molecule has 1 heterocycles. The lowest BCUT2D eigenvalue weighted by atomic mass is 9.98. The molecule has 180 valence electrons. The number of hydrogen-bond acceptors (Lipinski definition) is 5. The van der Waals surface area contributed by atoms with Crippen LogP contribution in [0.25, 0.3) is 11.1 Å². The number of carboxylic acid groups (broad SMARTS) is 1. The van der Waals surface area contributed by atoms with Crippen molar-refractivity contribution in [3.8, 4) is 11.1 Å². The molecule has 8 heteroatoms. The lowest BCUT2D eigenvalue weighted by Crippen LogP contribution is -2.48. The molecule has 0 radical (unpaired) electrons. The van der Waals surface area contributed by atoms with Crippen LogP contribution in [-0.4, -0.2) is 55.0 Å². The van der Waals surface area contributed by atoms with Crippen molar-refractivity contribution in [1.82, 2.24) is 10.6 Å². The molecule has 8 nitrogen and oxygen atoms in total. The molecule has 0 aromatic heterocycles. The van der Waals surface area contributed by atoms with Gasteiger partial charge in [0.15, 0.2) is 0 Å². The minimum absolute atomic E-state index is 0.0571. The number of nitrogens with one attached hydrogen (secondary N) is 2. The van der Waals surface area contributed by atoms with Crippen molar-refractivity contribution in [2.24, 2.45) is 5.92 Å². The normalized spacial score (nSPS) is 19.7. The summed E-state index contributed by atoms with van der Waals surface area (Å²) in [5.41, 5.74) is 4.54. The van der Waals surface area contributed by atoms with Crippen molar-refractivity contribution < 1.29 is 29.0 Å². The fourth-order valence-electron chi connectivity index (χ4n) is 4.70. The van der Waals surface area contributed by atoms with Gasteiger partial charge < -0.3 is 25.2 Å². The topological polar surface area (TPSA) is 114 Å². The van der Waals surface area contributed by atoms with Gasteiger partial charge in [0, 0.05) is 12.5 Å². The Morgan fingerprint density at radius 1 is 1.09 bits per heavy atom. The highest BCUT2D eigenvalue weighted by Gasteiger charge is 2.32. The number of carbonyl (C=O) groups is 3. The van der Waals surface area contributed by atoms with Crippen molar-refractivity contribution in [2.45, 2.75) is 44.2 Å². The molecule has 1 fully saturated rings. The third-order valence-electron chi connectivity index (χ3n) is 6.46. The second-order valence-electron chi connectivity index (χ2n) is 8.78. The Morgan fingerprint density at radius 2 is 1.74 bits per heavy atom. The third kappa shape index (κ3) is 5.22. The van der Waals surface area contributed by atoms with Gasteiger partial charge in [-0.05, 0) is 35.1 Å².